The van der Waals surface area contributed by atoms with Gasteiger partial charge in [-0.2, -0.15) is 8.42 Å². The van der Waals surface area contributed by atoms with Crippen LogP contribution >= 0.6 is 0 Å². The van der Waals surface area contributed by atoms with Crippen molar-refractivity contribution in [3.8, 4) is 11.5 Å². The number of hydrogen-bond acceptors (Lipinski definition) is 5. The molecule has 1 aromatic carbocycles. The molecule has 0 amide bonds. The van der Waals surface area contributed by atoms with Crippen LogP contribution < -0.4 is 4.72 Å². The number of furan rings is 1. The fourth-order valence-corrected chi connectivity index (χ4v) is 3.35. The van der Waals surface area contributed by atoms with Crippen LogP contribution in [0.1, 0.15) is 22.4 Å². The van der Waals surface area contributed by atoms with Crippen molar-refractivity contribution in [3.63, 3.8) is 0 Å². The van der Waals surface area contributed by atoms with Crippen molar-refractivity contribution in [2.24, 2.45) is 0 Å². The summed E-state index contributed by atoms with van der Waals surface area (Å²) in [7, 11) is -3.82. The molecule has 0 saturated carbocycles. The molecule has 0 aliphatic heterocycles. The maximum absolute atomic E-state index is 12.5. The van der Waals surface area contributed by atoms with E-state index in [1.54, 1.807) is 18.2 Å². The molecular weight excluding hydrogens is 328 g/mol. The van der Waals surface area contributed by atoms with Gasteiger partial charge in [0.05, 0.1) is 11.4 Å². The van der Waals surface area contributed by atoms with Gasteiger partial charge in [-0.05, 0) is 57.0 Å². The first-order chi connectivity index (χ1) is 11.3. The van der Waals surface area contributed by atoms with Gasteiger partial charge in [0, 0.05) is 5.56 Å². The van der Waals surface area contributed by atoms with Crippen molar-refractivity contribution in [3.05, 3.63) is 52.7 Å². The molecule has 0 spiro atoms. The number of hydrogen-bond donors (Lipinski definition) is 1. The van der Waals surface area contributed by atoms with E-state index in [4.69, 9.17) is 8.94 Å². The van der Waals surface area contributed by atoms with Gasteiger partial charge in [-0.3, -0.25) is 4.72 Å². The fourth-order valence-electron chi connectivity index (χ4n) is 2.29. The number of anilines is 1. The molecule has 3 aromatic rings. The van der Waals surface area contributed by atoms with Crippen LogP contribution in [0, 0.1) is 27.7 Å². The zero-order valence-electron chi connectivity index (χ0n) is 13.9. The Balaban J connectivity index is 1.94. The molecule has 24 heavy (non-hydrogen) atoms. The molecule has 0 saturated heterocycles. The first-order valence-corrected chi connectivity index (χ1v) is 8.90. The molecule has 0 radical (unpaired) electrons. The number of nitrogens with one attached hydrogen (secondary N) is 1. The van der Waals surface area contributed by atoms with Crippen LogP contribution in [0.2, 0.25) is 0 Å². The molecule has 0 atom stereocenters. The second-order valence-electron chi connectivity index (χ2n) is 5.69. The van der Waals surface area contributed by atoms with E-state index >= 15 is 0 Å². The van der Waals surface area contributed by atoms with Gasteiger partial charge in [0.2, 0.25) is 10.9 Å². The van der Waals surface area contributed by atoms with Gasteiger partial charge in [-0.1, -0.05) is 17.3 Å². The third-order valence-electron chi connectivity index (χ3n) is 4.08. The van der Waals surface area contributed by atoms with E-state index in [0.717, 1.165) is 22.4 Å². The van der Waals surface area contributed by atoms with E-state index in [2.05, 4.69) is 9.88 Å². The topological polar surface area (TPSA) is 85.3 Å². The Morgan fingerprint density at radius 2 is 1.75 bits per heavy atom. The minimum atomic E-state index is -3.82. The maximum Gasteiger partial charge on any atom is 0.295 e. The summed E-state index contributed by atoms with van der Waals surface area (Å²) in [6.07, 6.45) is 0. The van der Waals surface area contributed by atoms with Crippen molar-refractivity contribution in [1.82, 2.24) is 5.16 Å². The van der Waals surface area contributed by atoms with Gasteiger partial charge in [-0.15, -0.1) is 0 Å². The number of aryl methyl sites for hydroxylation is 2. The molecular formula is C17H18N2O4S. The Labute approximate surface area is 140 Å². The molecule has 0 aliphatic rings. The van der Waals surface area contributed by atoms with E-state index in [1.165, 1.54) is 6.07 Å². The molecule has 0 aliphatic carbocycles. The van der Waals surface area contributed by atoms with Crippen molar-refractivity contribution in [2.75, 3.05) is 4.72 Å². The summed E-state index contributed by atoms with van der Waals surface area (Å²) in [5.41, 5.74) is 3.95. The van der Waals surface area contributed by atoms with E-state index in [0.29, 0.717) is 17.2 Å². The number of aromatic nitrogens is 1. The predicted molar refractivity (Wildman–Crippen MR) is 90.4 cm³/mol. The van der Waals surface area contributed by atoms with Crippen LogP contribution in [0.4, 0.5) is 5.69 Å². The van der Waals surface area contributed by atoms with Crippen LogP contribution in [-0.2, 0) is 10.0 Å². The van der Waals surface area contributed by atoms with Gasteiger partial charge < -0.3 is 8.94 Å². The number of sulfonamides is 1. The average molecular weight is 346 g/mol. The number of rotatable bonds is 4. The largest absolute Gasteiger partial charge is 0.439 e. The number of benzene rings is 1. The van der Waals surface area contributed by atoms with Crippen molar-refractivity contribution in [2.45, 2.75) is 32.8 Å². The molecule has 0 unspecified atom stereocenters. The van der Waals surface area contributed by atoms with Gasteiger partial charge >= 0.3 is 0 Å². The van der Waals surface area contributed by atoms with E-state index in [-0.39, 0.29) is 5.09 Å². The second kappa shape index (κ2) is 5.83. The minimum Gasteiger partial charge on any atom is -0.439 e. The van der Waals surface area contributed by atoms with Crippen molar-refractivity contribution in [1.29, 1.82) is 0 Å². The maximum atomic E-state index is 12.5. The van der Waals surface area contributed by atoms with Crippen LogP contribution in [0.15, 0.2) is 44.4 Å². The van der Waals surface area contributed by atoms with Crippen LogP contribution in [-0.4, -0.2) is 13.6 Å². The number of nitrogens with zero attached hydrogens (tertiary/aromatic N) is 1. The zero-order valence-corrected chi connectivity index (χ0v) is 14.7. The standard InChI is InChI=1S/C17H18N2O4S/c1-10-6-5-7-14(11(10)2)19-24(20,21)16-9-8-15(22-16)17-12(3)13(4)18-23-17/h5-9,19H,1-4H3. The minimum absolute atomic E-state index is 0.174. The summed E-state index contributed by atoms with van der Waals surface area (Å²) in [6.45, 7) is 7.44. The summed E-state index contributed by atoms with van der Waals surface area (Å²) in [6, 6.07) is 8.40. The Morgan fingerprint density at radius 1 is 1.00 bits per heavy atom. The fraction of sp³-hybridized carbons (Fsp3) is 0.235. The quantitative estimate of drug-likeness (QED) is 0.772. The average Bonchev–Trinajstić information content (AvgIpc) is 3.13. The summed E-state index contributed by atoms with van der Waals surface area (Å²) in [5.74, 6) is 0.759. The monoisotopic (exact) mass is 346 g/mol. The normalized spacial score (nSPS) is 11.7. The summed E-state index contributed by atoms with van der Waals surface area (Å²) in [4.78, 5) is 0. The Kier molecular flexibility index (Phi) is 3.96. The molecule has 6 nitrogen and oxygen atoms in total. The third-order valence-corrected chi connectivity index (χ3v) is 5.31. The Hall–Kier alpha value is -2.54. The smallest absolute Gasteiger partial charge is 0.295 e. The molecule has 2 aromatic heterocycles. The Morgan fingerprint density at radius 3 is 2.42 bits per heavy atom. The lowest BCUT2D eigenvalue weighted by atomic mass is 10.1. The highest BCUT2D eigenvalue weighted by Gasteiger charge is 2.22. The lowest BCUT2D eigenvalue weighted by Gasteiger charge is -2.10. The van der Waals surface area contributed by atoms with Crippen LogP contribution in [0.25, 0.3) is 11.5 Å². The van der Waals surface area contributed by atoms with Gasteiger partial charge in [0.15, 0.2) is 5.76 Å². The molecule has 126 valence electrons. The molecule has 0 fully saturated rings. The first-order valence-electron chi connectivity index (χ1n) is 7.41. The van der Waals surface area contributed by atoms with Crippen molar-refractivity contribution >= 4 is 15.7 Å². The van der Waals surface area contributed by atoms with Crippen LogP contribution in [0.3, 0.4) is 0 Å². The molecule has 1 N–H and O–H groups in total. The molecule has 2 heterocycles. The van der Waals surface area contributed by atoms with E-state index < -0.39 is 10.0 Å². The van der Waals surface area contributed by atoms with Gasteiger partial charge in [0.25, 0.3) is 10.0 Å². The highest BCUT2D eigenvalue weighted by Crippen LogP contribution is 2.30. The van der Waals surface area contributed by atoms with E-state index in [9.17, 15) is 8.42 Å². The van der Waals surface area contributed by atoms with E-state index in [1.807, 2.05) is 33.8 Å². The highest BCUT2D eigenvalue weighted by atomic mass is 32.2. The lowest BCUT2D eigenvalue weighted by Crippen LogP contribution is -2.13. The summed E-state index contributed by atoms with van der Waals surface area (Å²) >= 11 is 0. The lowest BCUT2D eigenvalue weighted by molar-refractivity contribution is 0.398. The highest BCUT2D eigenvalue weighted by molar-refractivity contribution is 7.92. The Bertz CT molecular complexity index is 1000. The van der Waals surface area contributed by atoms with Crippen LogP contribution in [0.5, 0.6) is 0 Å². The predicted octanol–water partition coefficient (Wildman–Crippen LogP) is 3.97. The molecule has 7 heteroatoms. The molecule has 0 bridgehead atoms. The summed E-state index contributed by atoms with van der Waals surface area (Å²) < 4.78 is 38.3. The van der Waals surface area contributed by atoms with Gasteiger partial charge in [0.1, 0.15) is 0 Å². The summed E-state index contributed by atoms with van der Waals surface area (Å²) in [5, 5.41) is 3.68. The third kappa shape index (κ3) is 2.82. The second-order valence-corrected chi connectivity index (χ2v) is 7.31. The molecule has 3 rings (SSSR count). The SMILES string of the molecule is Cc1cccc(NS(=O)(=O)c2ccc(-c3onc(C)c3C)o2)c1C. The van der Waals surface area contributed by atoms with Gasteiger partial charge in [-0.25, -0.2) is 0 Å². The zero-order chi connectivity index (χ0) is 17.5. The first kappa shape index (κ1) is 16.3. The van der Waals surface area contributed by atoms with Crippen molar-refractivity contribution < 1.29 is 17.4 Å².